The number of rotatable bonds is 7. The maximum absolute atomic E-state index is 12.2. The van der Waals surface area contributed by atoms with Crippen LogP contribution in [0.15, 0.2) is 0 Å². The van der Waals surface area contributed by atoms with Gasteiger partial charge in [0.25, 0.3) is 5.91 Å². The molecule has 0 aromatic heterocycles. The van der Waals surface area contributed by atoms with Crippen molar-refractivity contribution in [3.63, 3.8) is 0 Å². The number of hydrogen-bond donors (Lipinski definition) is 1. The van der Waals surface area contributed by atoms with E-state index in [0.29, 0.717) is 13.0 Å². The van der Waals surface area contributed by atoms with Crippen molar-refractivity contribution < 1.29 is 19.4 Å². The maximum atomic E-state index is 12.2. The molecule has 0 spiro atoms. The second-order valence-corrected chi connectivity index (χ2v) is 4.76. The summed E-state index contributed by atoms with van der Waals surface area (Å²) in [5.74, 6) is -1.05. The molecule has 5 heteroatoms. The minimum absolute atomic E-state index is 0.219. The normalized spacial score (nSPS) is 14.5. The Labute approximate surface area is 103 Å². The van der Waals surface area contributed by atoms with Gasteiger partial charge in [-0.1, -0.05) is 20.8 Å². The molecule has 0 heterocycles. The first-order chi connectivity index (χ1) is 7.76. The first-order valence-corrected chi connectivity index (χ1v) is 5.83. The zero-order valence-corrected chi connectivity index (χ0v) is 11.3. The summed E-state index contributed by atoms with van der Waals surface area (Å²) in [6.45, 7) is 7.55. The average molecular weight is 245 g/mol. The Morgan fingerprint density at radius 3 is 2.24 bits per heavy atom. The fourth-order valence-electron chi connectivity index (χ4n) is 1.54. The van der Waals surface area contributed by atoms with Crippen LogP contribution in [-0.4, -0.2) is 47.7 Å². The van der Waals surface area contributed by atoms with Crippen molar-refractivity contribution in [2.45, 2.75) is 39.7 Å². The fourth-order valence-corrected chi connectivity index (χ4v) is 1.54. The van der Waals surface area contributed by atoms with E-state index in [4.69, 9.17) is 9.84 Å². The van der Waals surface area contributed by atoms with Gasteiger partial charge in [-0.3, -0.25) is 9.59 Å². The van der Waals surface area contributed by atoms with Crippen molar-refractivity contribution >= 4 is 11.9 Å². The van der Waals surface area contributed by atoms with Crippen molar-refractivity contribution in [3.05, 3.63) is 0 Å². The first-order valence-electron chi connectivity index (χ1n) is 5.83. The zero-order valence-electron chi connectivity index (χ0n) is 11.3. The van der Waals surface area contributed by atoms with Crippen molar-refractivity contribution in [1.82, 2.24) is 4.90 Å². The summed E-state index contributed by atoms with van der Waals surface area (Å²) in [4.78, 5) is 24.3. The van der Waals surface area contributed by atoms with Crippen LogP contribution in [0.25, 0.3) is 0 Å². The Bertz CT molecular complexity index is 272. The topological polar surface area (TPSA) is 66.8 Å². The van der Waals surface area contributed by atoms with Gasteiger partial charge in [-0.2, -0.15) is 0 Å². The van der Waals surface area contributed by atoms with Gasteiger partial charge >= 0.3 is 5.97 Å². The molecular weight excluding hydrogens is 222 g/mol. The molecule has 0 aromatic rings. The van der Waals surface area contributed by atoms with E-state index >= 15 is 0 Å². The van der Waals surface area contributed by atoms with E-state index < -0.39 is 11.6 Å². The number of carboxylic acid groups (broad SMARTS) is 1. The van der Waals surface area contributed by atoms with Crippen molar-refractivity contribution in [2.75, 3.05) is 20.2 Å². The van der Waals surface area contributed by atoms with Crippen LogP contribution >= 0.6 is 0 Å². The average Bonchev–Trinajstić information content (AvgIpc) is 2.24. The molecular formula is C12H23NO4. The van der Waals surface area contributed by atoms with Crippen LogP contribution in [0.5, 0.6) is 0 Å². The lowest BCUT2D eigenvalue weighted by molar-refractivity contribution is -0.158. The fraction of sp³-hybridized carbons (Fsp3) is 0.833. The Morgan fingerprint density at radius 1 is 1.41 bits per heavy atom. The van der Waals surface area contributed by atoms with Gasteiger partial charge in [0.2, 0.25) is 0 Å². The summed E-state index contributed by atoms with van der Waals surface area (Å²) in [7, 11) is 1.47. The molecule has 0 fully saturated rings. The zero-order chi connectivity index (χ0) is 13.6. The summed E-state index contributed by atoms with van der Waals surface area (Å²) in [5, 5.41) is 8.82. The maximum Gasteiger partial charge on any atom is 0.323 e. The summed E-state index contributed by atoms with van der Waals surface area (Å²) >= 11 is 0. The Kier molecular flexibility index (Phi) is 6.16. The van der Waals surface area contributed by atoms with Gasteiger partial charge in [0.1, 0.15) is 12.1 Å². The molecule has 0 aliphatic rings. The minimum Gasteiger partial charge on any atom is -0.480 e. The second-order valence-electron chi connectivity index (χ2n) is 4.76. The molecule has 0 radical (unpaired) electrons. The molecule has 0 aliphatic carbocycles. The lowest BCUT2D eigenvalue weighted by Gasteiger charge is -2.32. The van der Waals surface area contributed by atoms with Crippen LogP contribution in [0.4, 0.5) is 0 Å². The van der Waals surface area contributed by atoms with E-state index in [1.165, 1.54) is 12.0 Å². The Hall–Kier alpha value is -1.10. The highest BCUT2D eigenvalue weighted by Crippen LogP contribution is 2.18. The van der Waals surface area contributed by atoms with E-state index in [2.05, 4.69) is 0 Å². The molecule has 0 aliphatic heterocycles. The standard InChI is InChI=1S/C12H23NO4/c1-6-12(4,17-5)11(16)13(7-9(2)3)8-10(14)15/h9H,6-8H2,1-5H3,(H,14,15). The van der Waals surface area contributed by atoms with Crippen LogP contribution in [0.3, 0.4) is 0 Å². The highest BCUT2D eigenvalue weighted by molar-refractivity contribution is 5.87. The lowest BCUT2D eigenvalue weighted by atomic mass is 10.0. The van der Waals surface area contributed by atoms with Crippen LogP contribution in [0.2, 0.25) is 0 Å². The van der Waals surface area contributed by atoms with Gasteiger partial charge in [0.05, 0.1) is 0 Å². The summed E-state index contributed by atoms with van der Waals surface area (Å²) in [6, 6.07) is 0. The summed E-state index contributed by atoms with van der Waals surface area (Å²) < 4.78 is 5.21. The number of carbonyl (C=O) groups excluding carboxylic acids is 1. The molecule has 0 aromatic carbocycles. The van der Waals surface area contributed by atoms with E-state index in [1.54, 1.807) is 6.92 Å². The molecule has 0 saturated carbocycles. The number of aliphatic carboxylic acids is 1. The van der Waals surface area contributed by atoms with Crippen molar-refractivity contribution in [3.8, 4) is 0 Å². The van der Waals surface area contributed by atoms with Gasteiger partial charge < -0.3 is 14.7 Å². The van der Waals surface area contributed by atoms with Crippen molar-refractivity contribution in [2.24, 2.45) is 5.92 Å². The van der Waals surface area contributed by atoms with Gasteiger partial charge in [0.15, 0.2) is 0 Å². The monoisotopic (exact) mass is 245 g/mol. The number of nitrogens with zero attached hydrogens (tertiary/aromatic N) is 1. The van der Waals surface area contributed by atoms with Crippen LogP contribution in [0.1, 0.15) is 34.1 Å². The van der Waals surface area contributed by atoms with Crippen molar-refractivity contribution in [1.29, 1.82) is 0 Å². The van der Waals surface area contributed by atoms with Gasteiger partial charge in [-0.15, -0.1) is 0 Å². The predicted octanol–water partition coefficient (Wildman–Crippen LogP) is 1.37. The molecule has 1 unspecified atom stereocenters. The molecule has 0 bridgehead atoms. The Morgan fingerprint density at radius 2 is 1.94 bits per heavy atom. The predicted molar refractivity (Wildman–Crippen MR) is 64.8 cm³/mol. The summed E-state index contributed by atoms with van der Waals surface area (Å²) in [5.41, 5.74) is -0.940. The van der Waals surface area contributed by atoms with Crippen LogP contribution in [-0.2, 0) is 14.3 Å². The number of carbonyl (C=O) groups is 2. The van der Waals surface area contributed by atoms with Crippen LogP contribution < -0.4 is 0 Å². The number of carboxylic acids is 1. The highest BCUT2D eigenvalue weighted by atomic mass is 16.5. The first kappa shape index (κ1) is 15.9. The molecule has 0 saturated heterocycles. The molecule has 100 valence electrons. The minimum atomic E-state index is -1.01. The summed E-state index contributed by atoms with van der Waals surface area (Å²) in [6.07, 6.45) is 0.510. The molecule has 1 amide bonds. The molecule has 5 nitrogen and oxygen atoms in total. The van der Waals surface area contributed by atoms with E-state index in [0.717, 1.165) is 0 Å². The van der Waals surface area contributed by atoms with Gasteiger partial charge in [0, 0.05) is 13.7 Å². The third-order valence-electron chi connectivity index (χ3n) is 2.78. The highest BCUT2D eigenvalue weighted by Gasteiger charge is 2.35. The lowest BCUT2D eigenvalue weighted by Crippen LogP contribution is -2.50. The smallest absolute Gasteiger partial charge is 0.323 e. The number of methoxy groups -OCH3 is 1. The molecule has 1 N–H and O–H groups in total. The van der Waals surface area contributed by atoms with E-state index in [1.807, 2.05) is 20.8 Å². The Balaban J connectivity index is 4.90. The molecule has 0 rings (SSSR count). The number of ether oxygens (including phenoxy) is 1. The molecule has 1 atom stereocenters. The van der Waals surface area contributed by atoms with Crippen LogP contribution in [0, 0.1) is 5.92 Å². The largest absolute Gasteiger partial charge is 0.480 e. The van der Waals surface area contributed by atoms with Gasteiger partial charge in [-0.05, 0) is 19.3 Å². The number of hydrogen-bond acceptors (Lipinski definition) is 3. The SMILES string of the molecule is CCC(C)(OC)C(=O)N(CC(=O)O)CC(C)C. The van der Waals surface area contributed by atoms with E-state index in [-0.39, 0.29) is 18.4 Å². The third kappa shape index (κ3) is 4.73. The van der Waals surface area contributed by atoms with Gasteiger partial charge in [-0.25, -0.2) is 0 Å². The molecule has 17 heavy (non-hydrogen) atoms. The second kappa shape index (κ2) is 6.59. The number of amides is 1. The third-order valence-corrected chi connectivity index (χ3v) is 2.78. The van der Waals surface area contributed by atoms with E-state index in [9.17, 15) is 9.59 Å². The quantitative estimate of drug-likeness (QED) is 0.735.